The first-order valence-electron chi connectivity index (χ1n) is 8.31. The maximum Gasteiger partial charge on any atom is 0.289 e. The van der Waals surface area contributed by atoms with Gasteiger partial charge in [-0.3, -0.25) is 9.59 Å². The van der Waals surface area contributed by atoms with E-state index in [2.05, 4.69) is 5.32 Å². The predicted octanol–water partition coefficient (Wildman–Crippen LogP) is 4.74. The van der Waals surface area contributed by atoms with Gasteiger partial charge in [-0.2, -0.15) is 8.78 Å². The largest absolute Gasteiger partial charge is 0.472 e. The molecule has 2 amide bonds. The smallest absolute Gasteiger partial charge is 0.289 e. The summed E-state index contributed by atoms with van der Waals surface area (Å²) in [5, 5.41) is 2.87. The van der Waals surface area contributed by atoms with E-state index in [1.807, 2.05) is 0 Å². The van der Waals surface area contributed by atoms with Crippen LogP contribution in [0.2, 0.25) is 5.02 Å². The van der Waals surface area contributed by atoms with Gasteiger partial charge in [0.2, 0.25) is 5.91 Å². The average molecular weight is 415 g/mol. The number of amides is 2. The number of likely N-dealkylation sites (tertiary alicyclic amines) is 1. The lowest BCUT2D eigenvalue weighted by molar-refractivity contribution is -0.121. The van der Waals surface area contributed by atoms with E-state index in [0.717, 1.165) is 0 Å². The maximum absolute atomic E-state index is 12.8. The molecule has 144 valence electrons. The Morgan fingerprint density at radius 1 is 1.26 bits per heavy atom. The van der Waals surface area contributed by atoms with Gasteiger partial charge in [-0.05, 0) is 31.0 Å². The van der Waals surface area contributed by atoms with Crippen molar-refractivity contribution in [1.29, 1.82) is 0 Å². The van der Waals surface area contributed by atoms with Gasteiger partial charge in [-0.15, -0.1) is 0 Å². The molecule has 1 N–H and O–H groups in total. The number of carbonyl (C=O) groups is 2. The molecule has 1 aliphatic rings. The minimum atomic E-state index is -2.64. The van der Waals surface area contributed by atoms with Gasteiger partial charge in [0.1, 0.15) is 6.26 Å². The predicted molar refractivity (Wildman–Crippen MR) is 99.3 cm³/mol. The molecule has 3 rings (SSSR count). The third kappa shape index (κ3) is 4.81. The summed E-state index contributed by atoms with van der Waals surface area (Å²) in [5.74, 6) is -3.34. The minimum absolute atomic E-state index is 0.131. The normalized spacial score (nSPS) is 15.2. The summed E-state index contributed by atoms with van der Waals surface area (Å²) in [7, 11) is 0. The number of hydrogen-bond acceptors (Lipinski definition) is 4. The van der Waals surface area contributed by atoms with E-state index in [1.54, 1.807) is 23.1 Å². The molecule has 0 saturated carbocycles. The summed E-state index contributed by atoms with van der Waals surface area (Å²) >= 11 is 6.29. The first-order chi connectivity index (χ1) is 13.0. The SMILES string of the molecule is O=C(Nc1cccc(Cl)c1SC(F)F)C1CCN(C(=O)c2ccoc2)CC1. The van der Waals surface area contributed by atoms with E-state index in [-0.39, 0.29) is 33.3 Å². The molecular formula is C18H17ClF2N2O3S. The third-order valence-corrected chi connectivity index (χ3v) is 5.63. The molecule has 0 aliphatic carbocycles. The Labute approximate surface area is 164 Å². The standard InChI is InChI=1S/C18H17ClF2N2O3S/c19-13-2-1-3-14(15(13)27-18(20)21)22-16(24)11-4-7-23(8-5-11)17(25)12-6-9-26-10-12/h1-3,6,9-11,18H,4-5,7-8H2,(H,22,24). The summed E-state index contributed by atoms with van der Waals surface area (Å²) < 4.78 is 30.4. The highest BCUT2D eigenvalue weighted by molar-refractivity contribution is 7.99. The number of furan rings is 1. The van der Waals surface area contributed by atoms with Crippen molar-refractivity contribution < 1.29 is 22.8 Å². The number of halogens is 3. The molecule has 2 heterocycles. The van der Waals surface area contributed by atoms with E-state index in [9.17, 15) is 18.4 Å². The van der Waals surface area contributed by atoms with Gasteiger partial charge < -0.3 is 14.6 Å². The number of carbonyl (C=O) groups excluding carboxylic acids is 2. The van der Waals surface area contributed by atoms with Crippen LogP contribution in [0, 0.1) is 5.92 Å². The van der Waals surface area contributed by atoms with Crippen LogP contribution in [0.4, 0.5) is 14.5 Å². The minimum Gasteiger partial charge on any atom is -0.472 e. The molecule has 1 aliphatic heterocycles. The summed E-state index contributed by atoms with van der Waals surface area (Å²) in [6.45, 7) is 0.882. The zero-order valence-corrected chi connectivity index (χ0v) is 15.7. The molecule has 1 saturated heterocycles. The number of nitrogens with zero attached hydrogens (tertiary/aromatic N) is 1. The Kier molecular flexibility index (Phi) is 6.38. The van der Waals surface area contributed by atoms with E-state index < -0.39 is 5.76 Å². The lowest BCUT2D eigenvalue weighted by Crippen LogP contribution is -2.41. The molecule has 0 bridgehead atoms. The Morgan fingerprint density at radius 2 is 2.00 bits per heavy atom. The molecule has 27 heavy (non-hydrogen) atoms. The van der Waals surface area contributed by atoms with Crippen LogP contribution in [0.15, 0.2) is 46.1 Å². The zero-order valence-electron chi connectivity index (χ0n) is 14.2. The summed E-state index contributed by atoms with van der Waals surface area (Å²) in [4.78, 5) is 26.7. The number of thioether (sulfide) groups is 1. The van der Waals surface area contributed by atoms with Crippen molar-refractivity contribution in [3.05, 3.63) is 47.4 Å². The van der Waals surface area contributed by atoms with Gasteiger partial charge in [-0.25, -0.2) is 0 Å². The average Bonchev–Trinajstić information content (AvgIpc) is 3.18. The van der Waals surface area contributed by atoms with E-state index in [0.29, 0.717) is 43.3 Å². The van der Waals surface area contributed by atoms with Gasteiger partial charge >= 0.3 is 0 Å². The first kappa shape index (κ1) is 19.7. The molecule has 1 fully saturated rings. The summed E-state index contributed by atoms with van der Waals surface area (Å²) in [5.41, 5.74) is 0.750. The molecule has 1 aromatic carbocycles. The highest BCUT2D eigenvalue weighted by atomic mass is 35.5. The van der Waals surface area contributed by atoms with Crippen LogP contribution < -0.4 is 5.32 Å². The number of hydrogen-bond donors (Lipinski definition) is 1. The fourth-order valence-electron chi connectivity index (χ4n) is 2.96. The van der Waals surface area contributed by atoms with E-state index in [1.165, 1.54) is 18.6 Å². The number of benzene rings is 1. The Balaban J connectivity index is 1.60. The Morgan fingerprint density at radius 3 is 2.63 bits per heavy atom. The molecule has 2 aromatic rings. The quantitative estimate of drug-likeness (QED) is 0.718. The molecule has 0 spiro atoms. The maximum atomic E-state index is 12.8. The van der Waals surface area contributed by atoms with Crippen LogP contribution in [0.25, 0.3) is 0 Å². The number of anilines is 1. The molecule has 1 aromatic heterocycles. The lowest BCUT2D eigenvalue weighted by atomic mass is 9.95. The van der Waals surface area contributed by atoms with Gasteiger partial charge in [0, 0.05) is 19.0 Å². The van der Waals surface area contributed by atoms with Crippen molar-refractivity contribution in [3.8, 4) is 0 Å². The molecule has 0 atom stereocenters. The van der Waals surface area contributed by atoms with Crippen molar-refractivity contribution in [2.24, 2.45) is 5.92 Å². The lowest BCUT2D eigenvalue weighted by Gasteiger charge is -2.31. The number of rotatable bonds is 5. The number of nitrogens with one attached hydrogen (secondary N) is 1. The number of piperidine rings is 1. The van der Waals surface area contributed by atoms with Crippen LogP contribution in [0.5, 0.6) is 0 Å². The van der Waals surface area contributed by atoms with Crippen LogP contribution >= 0.6 is 23.4 Å². The van der Waals surface area contributed by atoms with Crippen LogP contribution in [0.1, 0.15) is 23.2 Å². The van der Waals surface area contributed by atoms with Crippen LogP contribution in [-0.4, -0.2) is 35.6 Å². The van der Waals surface area contributed by atoms with Gasteiger partial charge in [0.25, 0.3) is 11.7 Å². The topological polar surface area (TPSA) is 62.6 Å². The Bertz CT molecular complexity index is 809. The van der Waals surface area contributed by atoms with Crippen molar-refractivity contribution >= 4 is 40.9 Å². The van der Waals surface area contributed by atoms with Gasteiger partial charge in [0.05, 0.1) is 27.4 Å². The summed E-state index contributed by atoms with van der Waals surface area (Å²) in [6, 6.07) is 6.25. The molecule has 5 nitrogen and oxygen atoms in total. The fraction of sp³-hybridized carbons (Fsp3) is 0.333. The summed E-state index contributed by atoms with van der Waals surface area (Å²) in [6.07, 6.45) is 3.82. The van der Waals surface area contributed by atoms with E-state index >= 15 is 0 Å². The molecule has 0 unspecified atom stereocenters. The van der Waals surface area contributed by atoms with Gasteiger partial charge in [-0.1, -0.05) is 29.4 Å². The number of alkyl halides is 2. The first-order valence-corrected chi connectivity index (χ1v) is 9.57. The van der Waals surface area contributed by atoms with Crippen LogP contribution in [-0.2, 0) is 4.79 Å². The second kappa shape index (κ2) is 8.75. The molecule has 9 heteroatoms. The van der Waals surface area contributed by atoms with Gasteiger partial charge in [0.15, 0.2) is 0 Å². The van der Waals surface area contributed by atoms with Crippen molar-refractivity contribution in [3.63, 3.8) is 0 Å². The highest BCUT2D eigenvalue weighted by Crippen LogP contribution is 2.38. The Hall–Kier alpha value is -2.06. The van der Waals surface area contributed by atoms with E-state index in [4.69, 9.17) is 16.0 Å². The molecular weight excluding hydrogens is 398 g/mol. The van der Waals surface area contributed by atoms with Crippen molar-refractivity contribution in [1.82, 2.24) is 4.90 Å². The fourth-order valence-corrected chi connectivity index (χ4v) is 3.88. The van der Waals surface area contributed by atoms with Crippen molar-refractivity contribution in [2.75, 3.05) is 18.4 Å². The monoisotopic (exact) mass is 414 g/mol. The zero-order chi connectivity index (χ0) is 19.4. The van der Waals surface area contributed by atoms with Crippen LogP contribution in [0.3, 0.4) is 0 Å². The molecule has 0 radical (unpaired) electrons. The third-order valence-electron chi connectivity index (χ3n) is 4.35. The highest BCUT2D eigenvalue weighted by Gasteiger charge is 2.29. The second-order valence-electron chi connectivity index (χ2n) is 6.06. The van der Waals surface area contributed by atoms with Crippen molar-refractivity contribution in [2.45, 2.75) is 23.5 Å². The second-order valence-corrected chi connectivity index (χ2v) is 7.47.